The SMILES string of the molecule is CCCCOC(OCCCC)C1(N)NC(N)(C(OCCCC)OCCCC)NC(N)(C(OCCCC)OCCCC)N1. The molecule has 0 spiro atoms. The molecule has 0 radical (unpaired) electrons. The Balaban J connectivity index is 3.56. The van der Waals surface area contributed by atoms with E-state index >= 15 is 0 Å². The van der Waals surface area contributed by atoms with Crippen LogP contribution in [0.15, 0.2) is 0 Å². The Kier molecular flexibility index (Phi) is 20.8. The molecule has 1 aliphatic rings. The molecule has 1 fully saturated rings. The Morgan fingerprint density at radius 3 is 0.690 bits per heavy atom. The first-order valence-corrected chi connectivity index (χ1v) is 16.6. The molecule has 12 heteroatoms. The minimum Gasteiger partial charge on any atom is -0.348 e. The van der Waals surface area contributed by atoms with Crippen molar-refractivity contribution in [2.24, 2.45) is 17.2 Å². The number of nitrogens with two attached hydrogens (primary N) is 3. The lowest BCUT2D eigenvalue weighted by Gasteiger charge is -2.58. The van der Waals surface area contributed by atoms with Gasteiger partial charge in [0.2, 0.25) is 18.9 Å². The maximum absolute atomic E-state index is 7.12. The van der Waals surface area contributed by atoms with Gasteiger partial charge in [-0.15, -0.1) is 0 Å². The van der Waals surface area contributed by atoms with Crippen molar-refractivity contribution < 1.29 is 28.4 Å². The second kappa shape index (κ2) is 22.1. The number of unbranched alkanes of at least 4 members (excludes halogenated alkanes) is 6. The lowest BCUT2D eigenvalue weighted by molar-refractivity contribution is -0.286. The first kappa shape index (κ1) is 39.5. The van der Waals surface area contributed by atoms with Gasteiger partial charge in [-0.3, -0.25) is 17.2 Å². The Hall–Kier alpha value is -0.480. The minimum atomic E-state index is -1.57. The zero-order chi connectivity index (χ0) is 31.3. The average molecular weight is 607 g/mol. The van der Waals surface area contributed by atoms with E-state index in [9.17, 15) is 0 Å². The number of rotatable bonds is 27. The van der Waals surface area contributed by atoms with Gasteiger partial charge in [-0.05, 0) is 38.5 Å². The normalized spacial score (nSPS) is 24.9. The third kappa shape index (κ3) is 13.7. The fraction of sp³-hybridized carbons (Fsp3) is 1.00. The van der Waals surface area contributed by atoms with Gasteiger partial charge in [-0.25, -0.2) is 16.0 Å². The van der Waals surface area contributed by atoms with Crippen LogP contribution in [-0.2, 0) is 28.4 Å². The Morgan fingerprint density at radius 1 is 0.381 bits per heavy atom. The first-order valence-electron chi connectivity index (χ1n) is 16.6. The van der Waals surface area contributed by atoms with Crippen LogP contribution in [0.4, 0.5) is 0 Å². The van der Waals surface area contributed by atoms with E-state index in [0.717, 1.165) is 77.0 Å². The molecule has 0 aliphatic carbocycles. The number of nitrogens with one attached hydrogen (secondary N) is 3. The largest absolute Gasteiger partial charge is 0.348 e. The third-order valence-electron chi connectivity index (χ3n) is 6.96. The molecule has 12 nitrogen and oxygen atoms in total. The summed E-state index contributed by atoms with van der Waals surface area (Å²) in [4.78, 5) is 0. The van der Waals surface area contributed by atoms with Gasteiger partial charge in [0, 0.05) is 39.6 Å². The number of ether oxygens (including phenoxy) is 6. The monoisotopic (exact) mass is 607 g/mol. The fourth-order valence-corrected chi connectivity index (χ4v) is 4.42. The second-order valence-electron chi connectivity index (χ2n) is 11.3. The number of hydrogen-bond acceptors (Lipinski definition) is 12. The molecular formula is C30H66N6O6. The molecule has 1 rings (SSSR count). The molecular weight excluding hydrogens is 540 g/mol. The van der Waals surface area contributed by atoms with Crippen LogP contribution in [0.1, 0.15) is 119 Å². The van der Waals surface area contributed by atoms with E-state index in [2.05, 4.69) is 57.5 Å². The summed E-state index contributed by atoms with van der Waals surface area (Å²) in [6.07, 6.45) is 7.98. The van der Waals surface area contributed by atoms with E-state index in [0.29, 0.717) is 39.6 Å². The summed E-state index contributed by atoms with van der Waals surface area (Å²) in [5.41, 5.74) is 21.4. The molecule has 0 aromatic heterocycles. The van der Waals surface area contributed by atoms with Crippen molar-refractivity contribution in [3.8, 4) is 0 Å². The van der Waals surface area contributed by atoms with E-state index in [1.54, 1.807) is 0 Å². The molecule has 42 heavy (non-hydrogen) atoms. The molecule has 0 aromatic carbocycles. The molecule has 9 N–H and O–H groups in total. The Morgan fingerprint density at radius 2 is 0.548 bits per heavy atom. The standard InChI is InChI=1S/C30H66N6O6/c1-7-13-19-37-25(38-20-14-8-2)28(31)34-29(32,26(39-21-15-9-3)40-22-16-10-4)36-30(33,35-28)27(41-23-17-11-5)42-24-18-12-6/h25-27,34-36H,7-24,31-33H2,1-6H3. The summed E-state index contributed by atoms with van der Waals surface area (Å²) in [5.74, 6) is -4.72. The van der Waals surface area contributed by atoms with E-state index in [-0.39, 0.29) is 0 Å². The smallest absolute Gasteiger partial charge is 0.203 e. The third-order valence-corrected chi connectivity index (χ3v) is 6.96. The van der Waals surface area contributed by atoms with Crippen LogP contribution in [0, 0.1) is 0 Å². The van der Waals surface area contributed by atoms with Crippen molar-refractivity contribution in [2.75, 3.05) is 39.6 Å². The van der Waals surface area contributed by atoms with Gasteiger partial charge in [0.25, 0.3) is 0 Å². The molecule has 0 saturated carbocycles. The first-order chi connectivity index (χ1) is 20.2. The lowest BCUT2D eigenvalue weighted by Crippen LogP contribution is -2.98. The van der Waals surface area contributed by atoms with E-state index < -0.39 is 36.2 Å². The van der Waals surface area contributed by atoms with Crippen LogP contribution >= 0.6 is 0 Å². The van der Waals surface area contributed by atoms with Crippen LogP contribution < -0.4 is 33.2 Å². The second-order valence-corrected chi connectivity index (χ2v) is 11.3. The maximum Gasteiger partial charge on any atom is 0.203 e. The molecule has 1 aliphatic heterocycles. The van der Waals surface area contributed by atoms with E-state index in [1.165, 1.54) is 0 Å². The zero-order valence-electron chi connectivity index (χ0n) is 27.6. The van der Waals surface area contributed by atoms with E-state index in [4.69, 9.17) is 45.6 Å². The zero-order valence-corrected chi connectivity index (χ0v) is 27.6. The molecule has 1 heterocycles. The number of hydrogen-bond donors (Lipinski definition) is 6. The molecule has 1 saturated heterocycles. The van der Waals surface area contributed by atoms with Gasteiger partial charge in [0.1, 0.15) is 0 Å². The summed E-state index contributed by atoms with van der Waals surface area (Å²) < 4.78 is 37.4. The summed E-state index contributed by atoms with van der Waals surface area (Å²) in [6, 6.07) is 0. The van der Waals surface area contributed by atoms with Crippen molar-refractivity contribution in [3.05, 3.63) is 0 Å². The van der Waals surface area contributed by atoms with Crippen molar-refractivity contribution in [1.82, 2.24) is 16.0 Å². The van der Waals surface area contributed by atoms with Gasteiger partial charge < -0.3 is 28.4 Å². The van der Waals surface area contributed by atoms with Crippen molar-refractivity contribution in [1.29, 1.82) is 0 Å². The van der Waals surface area contributed by atoms with Crippen LogP contribution in [0.25, 0.3) is 0 Å². The molecule has 0 bridgehead atoms. The van der Waals surface area contributed by atoms with Crippen molar-refractivity contribution in [3.63, 3.8) is 0 Å². The average Bonchev–Trinajstić information content (AvgIpc) is 2.94. The van der Waals surface area contributed by atoms with Crippen molar-refractivity contribution >= 4 is 0 Å². The highest BCUT2D eigenvalue weighted by atomic mass is 16.7. The lowest BCUT2D eigenvalue weighted by atomic mass is 10.1. The highest BCUT2D eigenvalue weighted by Gasteiger charge is 2.60. The minimum absolute atomic E-state index is 0.449. The quantitative estimate of drug-likeness (QED) is 0.0595. The molecule has 252 valence electrons. The Labute approximate surface area is 256 Å². The van der Waals surface area contributed by atoms with Gasteiger partial charge in [-0.1, -0.05) is 80.1 Å². The van der Waals surface area contributed by atoms with Crippen LogP contribution in [-0.4, -0.2) is 75.9 Å². The predicted octanol–water partition coefficient (Wildman–Crippen LogP) is 3.48. The summed E-state index contributed by atoms with van der Waals surface area (Å²) in [6.45, 7) is 15.3. The summed E-state index contributed by atoms with van der Waals surface area (Å²) >= 11 is 0. The molecule has 0 unspecified atom stereocenters. The highest BCUT2D eigenvalue weighted by Crippen LogP contribution is 2.26. The summed E-state index contributed by atoms with van der Waals surface area (Å²) in [5, 5.41) is 9.90. The van der Waals surface area contributed by atoms with Crippen molar-refractivity contribution in [2.45, 2.75) is 155 Å². The van der Waals surface area contributed by atoms with Crippen LogP contribution in [0.2, 0.25) is 0 Å². The van der Waals surface area contributed by atoms with Crippen LogP contribution in [0.3, 0.4) is 0 Å². The molecule has 0 aromatic rings. The molecule has 0 amide bonds. The van der Waals surface area contributed by atoms with Crippen LogP contribution in [0.5, 0.6) is 0 Å². The topological polar surface area (TPSA) is 170 Å². The highest BCUT2D eigenvalue weighted by molar-refractivity contribution is 5.07. The molecule has 0 atom stereocenters. The predicted molar refractivity (Wildman–Crippen MR) is 167 cm³/mol. The van der Waals surface area contributed by atoms with Gasteiger partial charge in [-0.2, -0.15) is 0 Å². The van der Waals surface area contributed by atoms with Gasteiger partial charge in [0.15, 0.2) is 17.4 Å². The fourth-order valence-electron chi connectivity index (χ4n) is 4.42. The van der Waals surface area contributed by atoms with Gasteiger partial charge >= 0.3 is 0 Å². The van der Waals surface area contributed by atoms with Gasteiger partial charge in [0.05, 0.1) is 0 Å². The summed E-state index contributed by atoms with van der Waals surface area (Å²) in [7, 11) is 0. The maximum atomic E-state index is 7.12. The van der Waals surface area contributed by atoms with E-state index in [1.807, 2.05) is 0 Å². The Bertz CT molecular complexity index is 542.